The van der Waals surface area contributed by atoms with Gasteiger partial charge in [-0.2, -0.15) is 10.5 Å². The Kier molecular flexibility index (Phi) is 3.48. The molecule has 0 saturated carbocycles. The van der Waals surface area contributed by atoms with Crippen LogP contribution in [-0.2, 0) is 0 Å². The van der Waals surface area contributed by atoms with Gasteiger partial charge in [0.05, 0.1) is 22.9 Å². The van der Waals surface area contributed by atoms with Crippen LogP contribution in [0.2, 0.25) is 5.02 Å². The van der Waals surface area contributed by atoms with Crippen LogP contribution in [0.15, 0.2) is 42.5 Å². The van der Waals surface area contributed by atoms with Crippen molar-refractivity contribution in [1.82, 2.24) is 0 Å². The van der Waals surface area contributed by atoms with Gasteiger partial charge in [-0.3, -0.25) is 0 Å². The van der Waals surface area contributed by atoms with E-state index in [1.165, 1.54) is 0 Å². The Morgan fingerprint density at radius 1 is 1.00 bits per heavy atom. The zero-order chi connectivity index (χ0) is 13.0. The summed E-state index contributed by atoms with van der Waals surface area (Å²) >= 11 is 5.90. The molecule has 0 amide bonds. The number of benzene rings is 2. The van der Waals surface area contributed by atoms with Crippen molar-refractivity contribution in [1.29, 1.82) is 10.5 Å². The number of nitrogens with one attached hydrogen (secondary N) is 1. The van der Waals surface area contributed by atoms with E-state index in [0.717, 1.165) is 5.69 Å². The first kappa shape index (κ1) is 12.0. The van der Waals surface area contributed by atoms with Gasteiger partial charge in [0, 0.05) is 10.7 Å². The highest BCUT2D eigenvalue weighted by Gasteiger charge is 2.03. The topological polar surface area (TPSA) is 59.6 Å². The lowest BCUT2D eigenvalue weighted by molar-refractivity contribution is 1.45. The summed E-state index contributed by atoms with van der Waals surface area (Å²) in [5.41, 5.74) is 2.43. The lowest BCUT2D eigenvalue weighted by atomic mass is 10.1. The summed E-state index contributed by atoms with van der Waals surface area (Å²) in [6, 6.07) is 16.2. The minimum absolute atomic E-state index is 0.502. The molecule has 0 unspecified atom stereocenters. The van der Waals surface area contributed by atoms with Gasteiger partial charge >= 0.3 is 0 Å². The second-order valence-electron chi connectivity index (χ2n) is 3.62. The fourth-order valence-corrected chi connectivity index (χ4v) is 1.71. The maximum atomic E-state index is 9.00. The molecule has 3 nitrogen and oxygen atoms in total. The highest BCUT2D eigenvalue weighted by Crippen LogP contribution is 2.24. The van der Waals surface area contributed by atoms with Crippen molar-refractivity contribution in [2.24, 2.45) is 0 Å². The zero-order valence-electron chi connectivity index (χ0n) is 9.31. The summed E-state index contributed by atoms with van der Waals surface area (Å²) < 4.78 is 0. The highest BCUT2D eigenvalue weighted by molar-refractivity contribution is 6.30. The Morgan fingerprint density at radius 3 is 2.56 bits per heavy atom. The van der Waals surface area contributed by atoms with E-state index in [2.05, 4.69) is 17.5 Å². The molecule has 2 aromatic rings. The molecule has 0 bridgehead atoms. The van der Waals surface area contributed by atoms with Crippen molar-refractivity contribution < 1.29 is 0 Å². The molecule has 0 fully saturated rings. The van der Waals surface area contributed by atoms with E-state index in [0.29, 0.717) is 21.8 Å². The van der Waals surface area contributed by atoms with E-state index in [1.54, 1.807) is 36.4 Å². The van der Waals surface area contributed by atoms with Crippen LogP contribution in [0, 0.1) is 22.7 Å². The quantitative estimate of drug-likeness (QED) is 0.885. The number of hydrogen-bond donors (Lipinski definition) is 1. The molecule has 4 heteroatoms. The van der Waals surface area contributed by atoms with Crippen molar-refractivity contribution in [3.63, 3.8) is 0 Å². The molecule has 2 rings (SSSR count). The van der Waals surface area contributed by atoms with Crippen LogP contribution in [0.5, 0.6) is 0 Å². The summed E-state index contributed by atoms with van der Waals surface area (Å²) in [7, 11) is 0. The molecule has 0 saturated heterocycles. The average molecular weight is 254 g/mol. The third kappa shape index (κ3) is 2.60. The maximum absolute atomic E-state index is 9.00. The number of nitriles is 2. The van der Waals surface area contributed by atoms with E-state index in [-0.39, 0.29) is 0 Å². The molecule has 1 N–H and O–H groups in total. The average Bonchev–Trinajstić information content (AvgIpc) is 2.39. The molecule has 0 atom stereocenters. The fourth-order valence-electron chi connectivity index (χ4n) is 1.54. The monoisotopic (exact) mass is 253 g/mol. The Labute approximate surface area is 110 Å². The van der Waals surface area contributed by atoms with E-state index < -0.39 is 0 Å². The van der Waals surface area contributed by atoms with E-state index >= 15 is 0 Å². The predicted octanol–water partition coefficient (Wildman–Crippen LogP) is 3.83. The van der Waals surface area contributed by atoms with Crippen LogP contribution in [0.25, 0.3) is 0 Å². The number of rotatable bonds is 2. The van der Waals surface area contributed by atoms with Gasteiger partial charge in [-0.25, -0.2) is 0 Å². The van der Waals surface area contributed by atoms with E-state index in [4.69, 9.17) is 22.1 Å². The van der Waals surface area contributed by atoms with Gasteiger partial charge in [0.15, 0.2) is 0 Å². The minimum atomic E-state index is 0.502. The Bertz CT molecular complexity index is 665. The number of halogens is 1. The molecule has 18 heavy (non-hydrogen) atoms. The zero-order valence-corrected chi connectivity index (χ0v) is 10.1. The molecule has 0 aliphatic heterocycles. The molecule has 0 radical (unpaired) electrons. The first-order valence-electron chi connectivity index (χ1n) is 5.20. The van der Waals surface area contributed by atoms with Gasteiger partial charge < -0.3 is 5.32 Å². The lowest BCUT2D eigenvalue weighted by Gasteiger charge is -2.08. The molecular formula is C14H8ClN3. The van der Waals surface area contributed by atoms with Gasteiger partial charge in [0.1, 0.15) is 6.07 Å². The van der Waals surface area contributed by atoms with Gasteiger partial charge in [-0.15, -0.1) is 0 Å². The lowest BCUT2D eigenvalue weighted by Crippen LogP contribution is -1.94. The third-order valence-corrected chi connectivity index (χ3v) is 2.61. The van der Waals surface area contributed by atoms with Crippen LogP contribution in [-0.4, -0.2) is 0 Å². The first-order chi connectivity index (χ1) is 8.72. The number of nitrogens with zero attached hydrogens (tertiary/aromatic N) is 2. The third-order valence-electron chi connectivity index (χ3n) is 2.37. The normalized spacial score (nSPS) is 9.28. The minimum Gasteiger partial charge on any atom is -0.354 e. The molecular weight excluding hydrogens is 246 g/mol. The Morgan fingerprint density at radius 2 is 1.83 bits per heavy atom. The molecule has 0 aliphatic carbocycles. The van der Waals surface area contributed by atoms with Crippen LogP contribution < -0.4 is 5.32 Å². The second-order valence-corrected chi connectivity index (χ2v) is 4.06. The molecule has 0 heterocycles. The van der Waals surface area contributed by atoms with Crippen molar-refractivity contribution >= 4 is 23.0 Å². The SMILES string of the molecule is N#Cc1cccc(Nc2cc(Cl)ccc2C#N)c1. The van der Waals surface area contributed by atoms with Crippen molar-refractivity contribution in [3.8, 4) is 12.1 Å². The smallest absolute Gasteiger partial charge is 0.101 e. The van der Waals surface area contributed by atoms with Gasteiger partial charge in [0.25, 0.3) is 0 Å². The van der Waals surface area contributed by atoms with E-state index in [9.17, 15) is 0 Å². The summed E-state index contributed by atoms with van der Waals surface area (Å²) in [5.74, 6) is 0. The van der Waals surface area contributed by atoms with Gasteiger partial charge in [0.2, 0.25) is 0 Å². The molecule has 0 aromatic heterocycles. The maximum Gasteiger partial charge on any atom is 0.101 e. The molecule has 2 aromatic carbocycles. The predicted molar refractivity (Wildman–Crippen MR) is 70.6 cm³/mol. The van der Waals surface area contributed by atoms with Crippen molar-refractivity contribution in [3.05, 3.63) is 58.6 Å². The van der Waals surface area contributed by atoms with Crippen LogP contribution in [0.3, 0.4) is 0 Å². The van der Waals surface area contributed by atoms with Crippen LogP contribution in [0.1, 0.15) is 11.1 Å². The summed E-state index contributed by atoms with van der Waals surface area (Å²) in [6.45, 7) is 0. The first-order valence-corrected chi connectivity index (χ1v) is 5.57. The summed E-state index contributed by atoms with van der Waals surface area (Å²) in [4.78, 5) is 0. The van der Waals surface area contributed by atoms with Crippen molar-refractivity contribution in [2.75, 3.05) is 5.32 Å². The largest absolute Gasteiger partial charge is 0.354 e. The Hall–Kier alpha value is -2.49. The number of hydrogen-bond acceptors (Lipinski definition) is 3. The molecule has 86 valence electrons. The molecule has 0 aliphatic rings. The van der Waals surface area contributed by atoms with Gasteiger partial charge in [-0.1, -0.05) is 17.7 Å². The Balaban J connectivity index is 2.37. The van der Waals surface area contributed by atoms with Crippen LogP contribution >= 0.6 is 11.6 Å². The van der Waals surface area contributed by atoms with E-state index in [1.807, 2.05) is 6.07 Å². The standard InChI is InChI=1S/C14H8ClN3/c15-12-5-4-11(9-17)14(7-12)18-13-3-1-2-10(6-13)8-16/h1-7,18H. The summed E-state index contributed by atoms with van der Waals surface area (Å²) in [6.07, 6.45) is 0. The van der Waals surface area contributed by atoms with Crippen LogP contribution in [0.4, 0.5) is 11.4 Å². The number of anilines is 2. The second kappa shape index (κ2) is 5.23. The highest BCUT2D eigenvalue weighted by atomic mass is 35.5. The molecule has 0 spiro atoms. The van der Waals surface area contributed by atoms with Crippen molar-refractivity contribution in [2.45, 2.75) is 0 Å². The fraction of sp³-hybridized carbons (Fsp3) is 0. The summed E-state index contributed by atoms with van der Waals surface area (Å²) in [5, 5.41) is 21.5. The van der Waals surface area contributed by atoms with Gasteiger partial charge in [-0.05, 0) is 36.4 Å².